The van der Waals surface area contributed by atoms with Crippen molar-refractivity contribution in [1.29, 1.82) is 0 Å². The molecule has 7 nitrogen and oxygen atoms in total. The van der Waals surface area contributed by atoms with Crippen LogP contribution in [-0.4, -0.2) is 27.5 Å². The fraction of sp³-hybridized carbons (Fsp3) is 0.261. The average Bonchev–Trinajstić information content (AvgIpc) is 3.02. The lowest BCUT2D eigenvalue weighted by Crippen LogP contribution is -2.29. The number of rotatable bonds is 5. The molecule has 2 aromatic carbocycles. The van der Waals surface area contributed by atoms with Gasteiger partial charge in [0.05, 0.1) is 22.3 Å². The Hall–Kier alpha value is -3.61. The Morgan fingerprint density at radius 3 is 2.53 bits per heavy atom. The van der Waals surface area contributed by atoms with E-state index < -0.39 is 5.92 Å². The summed E-state index contributed by atoms with van der Waals surface area (Å²) in [4.78, 5) is 30.5. The molecular weight excluding hydrogens is 378 g/mol. The van der Waals surface area contributed by atoms with E-state index in [0.717, 1.165) is 12.0 Å². The number of nitrogens with zero attached hydrogens (tertiary/aromatic N) is 5. The van der Waals surface area contributed by atoms with Crippen LogP contribution in [0, 0.1) is 12.8 Å². The van der Waals surface area contributed by atoms with Crippen molar-refractivity contribution in [2.75, 3.05) is 5.01 Å². The predicted octanol–water partition coefficient (Wildman–Crippen LogP) is 3.53. The molecule has 1 aliphatic heterocycles. The summed E-state index contributed by atoms with van der Waals surface area (Å²) in [5.74, 6) is -0.244. The van der Waals surface area contributed by atoms with Gasteiger partial charge in [0.25, 0.3) is 11.5 Å². The number of aromatic nitrogens is 2. The zero-order valence-electron chi connectivity index (χ0n) is 17.2. The fourth-order valence-electron chi connectivity index (χ4n) is 3.43. The Balaban J connectivity index is 1.69. The molecule has 0 saturated heterocycles. The molecule has 1 atom stereocenters. The minimum Gasteiger partial charge on any atom is -0.271 e. The van der Waals surface area contributed by atoms with E-state index in [4.69, 9.17) is 0 Å². The van der Waals surface area contributed by atoms with E-state index in [2.05, 4.69) is 15.2 Å². The van der Waals surface area contributed by atoms with E-state index in [9.17, 15) is 9.59 Å². The van der Waals surface area contributed by atoms with Gasteiger partial charge in [-0.25, -0.2) is 4.98 Å². The zero-order chi connectivity index (χ0) is 21.3. The van der Waals surface area contributed by atoms with Crippen LogP contribution >= 0.6 is 0 Å². The molecule has 152 valence electrons. The van der Waals surface area contributed by atoms with Gasteiger partial charge in [-0.05, 0) is 44.5 Å². The third-order valence-electron chi connectivity index (χ3n) is 5.09. The van der Waals surface area contributed by atoms with Gasteiger partial charge in [0.2, 0.25) is 0 Å². The molecule has 0 N–H and O–H groups in total. The number of carbonyl (C=O) groups excluding carboxylic acids is 1. The molecule has 1 aromatic heterocycles. The summed E-state index contributed by atoms with van der Waals surface area (Å²) in [5, 5.41) is 10.7. The van der Waals surface area contributed by atoms with Crippen LogP contribution in [-0.2, 0) is 11.2 Å². The SMILES string of the molecule is CCCc1nc2ccccc2c(=O)n1/N=C\[C@H]1C(=O)N(c2ccc(C)cc2)N=C1C. The van der Waals surface area contributed by atoms with Gasteiger partial charge in [-0.3, -0.25) is 9.59 Å². The van der Waals surface area contributed by atoms with Crippen molar-refractivity contribution in [3.05, 3.63) is 70.3 Å². The van der Waals surface area contributed by atoms with Crippen molar-refractivity contribution in [2.24, 2.45) is 16.1 Å². The van der Waals surface area contributed by atoms with Gasteiger partial charge in [0.15, 0.2) is 0 Å². The van der Waals surface area contributed by atoms with Crippen LogP contribution < -0.4 is 10.6 Å². The van der Waals surface area contributed by atoms with Crippen molar-refractivity contribution in [3.63, 3.8) is 0 Å². The van der Waals surface area contributed by atoms with E-state index in [1.54, 1.807) is 19.1 Å². The van der Waals surface area contributed by atoms with Crippen LogP contribution in [0.5, 0.6) is 0 Å². The molecule has 0 fully saturated rings. The van der Waals surface area contributed by atoms with Gasteiger partial charge < -0.3 is 0 Å². The number of carbonyl (C=O) groups is 1. The van der Waals surface area contributed by atoms with Crippen molar-refractivity contribution in [3.8, 4) is 0 Å². The highest BCUT2D eigenvalue weighted by atomic mass is 16.2. The number of fused-ring (bicyclic) bond motifs is 1. The number of hydrogen-bond donors (Lipinski definition) is 0. The third kappa shape index (κ3) is 3.54. The minimum atomic E-state index is -0.626. The van der Waals surface area contributed by atoms with Crippen LogP contribution in [0.25, 0.3) is 10.9 Å². The second-order valence-corrected chi connectivity index (χ2v) is 7.38. The number of amides is 1. The van der Waals surface area contributed by atoms with Crippen molar-refractivity contribution in [1.82, 2.24) is 9.66 Å². The maximum absolute atomic E-state index is 13.0. The number of benzene rings is 2. The lowest BCUT2D eigenvalue weighted by atomic mass is 10.1. The second kappa shape index (κ2) is 8.02. The molecule has 1 amide bonds. The van der Waals surface area contributed by atoms with E-state index in [0.29, 0.717) is 34.5 Å². The third-order valence-corrected chi connectivity index (χ3v) is 5.09. The van der Waals surface area contributed by atoms with Crippen molar-refractivity contribution >= 4 is 34.4 Å². The monoisotopic (exact) mass is 401 g/mol. The smallest absolute Gasteiger partial charge is 0.271 e. The number of aryl methyl sites for hydroxylation is 2. The first-order chi connectivity index (χ1) is 14.5. The van der Waals surface area contributed by atoms with Crippen LogP contribution in [0.15, 0.2) is 63.5 Å². The Labute approximate surface area is 174 Å². The summed E-state index contributed by atoms with van der Waals surface area (Å²) >= 11 is 0. The van der Waals surface area contributed by atoms with E-state index in [-0.39, 0.29) is 11.5 Å². The quantitative estimate of drug-likeness (QED) is 0.614. The highest BCUT2D eigenvalue weighted by Gasteiger charge is 2.33. The van der Waals surface area contributed by atoms with Gasteiger partial charge in [0, 0.05) is 12.6 Å². The first-order valence-electron chi connectivity index (χ1n) is 10.0. The van der Waals surface area contributed by atoms with Gasteiger partial charge in [-0.1, -0.05) is 36.8 Å². The summed E-state index contributed by atoms with van der Waals surface area (Å²) in [5.41, 5.74) is 2.85. The van der Waals surface area contributed by atoms with Crippen LogP contribution in [0.4, 0.5) is 5.69 Å². The first-order valence-corrected chi connectivity index (χ1v) is 10.0. The Morgan fingerprint density at radius 1 is 1.07 bits per heavy atom. The Kier molecular flexibility index (Phi) is 5.27. The summed E-state index contributed by atoms with van der Waals surface area (Å²) in [6, 6.07) is 14.8. The maximum atomic E-state index is 13.0. The summed E-state index contributed by atoms with van der Waals surface area (Å²) < 4.78 is 1.31. The normalized spacial score (nSPS) is 16.6. The topological polar surface area (TPSA) is 79.9 Å². The summed E-state index contributed by atoms with van der Waals surface area (Å²) in [7, 11) is 0. The molecule has 0 saturated carbocycles. The molecule has 30 heavy (non-hydrogen) atoms. The van der Waals surface area contributed by atoms with E-state index in [1.807, 2.05) is 50.2 Å². The van der Waals surface area contributed by atoms with Crippen LogP contribution in [0.3, 0.4) is 0 Å². The van der Waals surface area contributed by atoms with Gasteiger partial charge in [-0.2, -0.15) is 19.9 Å². The molecule has 0 spiro atoms. The minimum absolute atomic E-state index is 0.195. The number of anilines is 1. The lowest BCUT2D eigenvalue weighted by molar-refractivity contribution is -0.118. The van der Waals surface area contributed by atoms with Crippen LogP contribution in [0.1, 0.15) is 31.7 Å². The summed E-state index contributed by atoms with van der Waals surface area (Å²) in [6.45, 7) is 5.80. The molecule has 7 heteroatoms. The molecule has 1 aliphatic rings. The average molecular weight is 401 g/mol. The summed E-state index contributed by atoms with van der Waals surface area (Å²) in [6.07, 6.45) is 2.93. The number of hydrogen-bond acceptors (Lipinski definition) is 5. The zero-order valence-corrected chi connectivity index (χ0v) is 17.2. The van der Waals surface area contributed by atoms with Crippen LogP contribution in [0.2, 0.25) is 0 Å². The van der Waals surface area contributed by atoms with Gasteiger partial charge in [-0.15, -0.1) is 0 Å². The highest BCUT2D eigenvalue weighted by molar-refractivity contribution is 6.23. The Morgan fingerprint density at radius 2 is 1.80 bits per heavy atom. The first kappa shape index (κ1) is 19.7. The molecule has 0 aliphatic carbocycles. The number of para-hydroxylation sites is 1. The molecule has 3 aromatic rings. The molecule has 0 unspecified atom stereocenters. The lowest BCUT2D eigenvalue weighted by Gasteiger charge is -2.13. The van der Waals surface area contributed by atoms with Gasteiger partial charge in [0.1, 0.15) is 11.7 Å². The highest BCUT2D eigenvalue weighted by Crippen LogP contribution is 2.23. The molecule has 4 rings (SSSR count). The molecule has 2 heterocycles. The maximum Gasteiger partial charge on any atom is 0.282 e. The standard InChI is InChI=1S/C23H23N5O2/c1-4-7-21-25-20-9-6-5-8-18(20)22(29)28(21)24-14-19-16(3)26-27(23(19)30)17-12-10-15(2)11-13-17/h5-6,8-14,19H,4,7H2,1-3H3/b24-14-/t19-/m1/s1. The largest absolute Gasteiger partial charge is 0.282 e. The van der Waals surface area contributed by atoms with Crippen molar-refractivity contribution in [2.45, 2.75) is 33.6 Å². The molecular formula is C23H23N5O2. The number of hydrazone groups is 1. The Bertz CT molecular complexity index is 1220. The molecule has 0 bridgehead atoms. The van der Waals surface area contributed by atoms with Crippen molar-refractivity contribution < 1.29 is 4.79 Å². The second-order valence-electron chi connectivity index (χ2n) is 7.38. The predicted molar refractivity (Wildman–Crippen MR) is 119 cm³/mol. The molecule has 0 radical (unpaired) electrons. The fourth-order valence-corrected chi connectivity index (χ4v) is 3.43. The van der Waals surface area contributed by atoms with E-state index in [1.165, 1.54) is 15.9 Å². The van der Waals surface area contributed by atoms with Gasteiger partial charge >= 0.3 is 0 Å². The van der Waals surface area contributed by atoms with E-state index >= 15 is 0 Å².